The third kappa shape index (κ3) is 2.98. The molecule has 0 bridgehead atoms. The number of nitrogens with zero attached hydrogens (tertiary/aromatic N) is 1. The molecule has 1 heterocycles. The molecule has 4 nitrogen and oxygen atoms in total. The predicted molar refractivity (Wildman–Crippen MR) is 95.9 cm³/mol. The number of ether oxygens (including phenoxy) is 1. The van der Waals surface area contributed by atoms with E-state index in [0.29, 0.717) is 29.1 Å². The summed E-state index contributed by atoms with van der Waals surface area (Å²) in [6.45, 7) is 1.83. The van der Waals surface area contributed by atoms with Crippen molar-refractivity contribution in [2.24, 2.45) is 0 Å². The molecule has 0 aliphatic carbocycles. The molecule has 0 saturated carbocycles. The molecule has 0 spiro atoms. The van der Waals surface area contributed by atoms with Crippen molar-refractivity contribution in [2.45, 2.75) is 25.6 Å². The number of hydrogen-bond acceptors (Lipinski definition) is 3. The van der Waals surface area contributed by atoms with Crippen LogP contribution in [-0.2, 0) is 5.60 Å². The van der Waals surface area contributed by atoms with E-state index in [2.05, 4.69) is 0 Å². The molecule has 7 heteroatoms. The third-order valence-corrected chi connectivity index (χ3v) is 4.58. The molecule has 0 saturated heterocycles. The van der Waals surface area contributed by atoms with Gasteiger partial charge in [0.15, 0.2) is 5.60 Å². The number of rotatable bonds is 3. The van der Waals surface area contributed by atoms with Crippen LogP contribution in [-0.4, -0.2) is 28.9 Å². The number of fused-ring (bicyclic) bond motifs is 1. The standard InChI is InChI=1S/C20H18F3NO3/c1-12(25)24-16-7-5-4-6-15(16)17(13-8-10-14(27-3)11-9-13)18(24)19(2,26)20(21,22)23/h4-11,26H,1-3H3. The minimum absolute atomic E-state index is 0.158. The summed E-state index contributed by atoms with van der Waals surface area (Å²) < 4.78 is 47.2. The number of benzene rings is 2. The zero-order chi connectivity index (χ0) is 20.0. The van der Waals surface area contributed by atoms with Gasteiger partial charge in [0.25, 0.3) is 0 Å². The lowest BCUT2D eigenvalue weighted by Gasteiger charge is -2.28. The highest BCUT2D eigenvalue weighted by Crippen LogP contribution is 2.46. The SMILES string of the molecule is COc1ccc(-c2c(C(C)(O)C(F)(F)F)n(C(C)=O)c3ccccc23)cc1. The van der Waals surface area contributed by atoms with Crippen LogP contribution in [0.1, 0.15) is 24.3 Å². The number of methoxy groups -OCH3 is 1. The average molecular weight is 377 g/mol. The quantitative estimate of drug-likeness (QED) is 0.717. The van der Waals surface area contributed by atoms with Gasteiger partial charge in [0, 0.05) is 17.9 Å². The van der Waals surface area contributed by atoms with Crippen LogP contribution in [0.15, 0.2) is 48.5 Å². The van der Waals surface area contributed by atoms with Crippen molar-refractivity contribution in [3.8, 4) is 16.9 Å². The van der Waals surface area contributed by atoms with E-state index in [4.69, 9.17) is 4.74 Å². The Balaban J connectivity index is 2.47. The Morgan fingerprint density at radius 3 is 2.19 bits per heavy atom. The summed E-state index contributed by atoms with van der Waals surface area (Å²) in [6, 6.07) is 12.9. The number of aliphatic hydroxyl groups is 1. The molecule has 0 aliphatic heterocycles. The van der Waals surface area contributed by atoms with Crippen LogP contribution in [0.3, 0.4) is 0 Å². The molecule has 0 amide bonds. The maximum atomic E-state index is 13.7. The van der Waals surface area contributed by atoms with E-state index in [1.165, 1.54) is 14.0 Å². The highest BCUT2D eigenvalue weighted by Gasteiger charge is 2.54. The Bertz CT molecular complexity index is 1000. The number of halogens is 3. The summed E-state index contributed by atoms with van der Waals surface area (Å²) in [6.07, 6.45) is -4.98. The van der Waals surface area contributed by atoms with Crippen LogP contribution < -0.4 is 4.74 Å². The van der Waals surface area contributed by atoms with Crippen LogP contribution >= 0.6 is 0 Å². The molecule has 1 atom stereocenters. The normalized spacial score (nSPS) is 14.2. The summed E-state index contributed by atoms with van der Waals surface area (Å²) in [5.74, 6) is -0.0799. The van der Waals surface area contributed by atoms with Crippen LogP contribution in [0, 0.1) is 0 Å². The smallest absolute Gasteiger partial charge is 0.422 e. The average Bonchev–Trinajstić information content (AvgIpc) is 2.97. The first-order chi connectivity index (χ1) is 12.6. The van der Waals surface area contributed by atoms with E-state index in [1.807, 2.05) is 0 Å². The molecule has 0 aliphatic rings. The molecule has 1 aromatic heterocycles. The van der Waals surface area contributed by atoms with Crippen LogP contribution in [0.25, 0.3) is 22.0 Å². The first-order valence-electron chi connectivity index (χ1n) is 8.18. The predicted octanol–water partition coefficient (Wildman–Crippen LogP) is 4.75. The number of carbonyl (C=O) groups excluding carboxylic acids is 1. The maximum absolute atomic E-state index is 13.7. The molecule has 1 unspecified atom stereocenters. The highest BCUT2D eigenvalue weighted by molar-refractivity contribution is 6.04. The van der Waals surface area contributed by atoms with Gasteiger partial charge in [0.1, 0.15) is 5.75 Å². The molecule has 3 rings (SSSR count). The van der Waals surface area contributed by atoms with Crippen LogP contribution in [0.2, 0.25) is 0 Å². The van der Waals surface area contributed by atoms with Gasteiger partial charge in [-0.1, -0.05) is 30.3 Å². The Kier molecular flexibility index (Phi) is 4.51. The Morgan fingerprint density at radius 1 is 1.07 bits per heavy atom. The van der Waals surface area contributed by atoms with Gasteiger partial charge in [-0.25, -0.2) is 0 Å². The van der Waals surface area contributed by atoms with Gasteiger partial charge < -0.3 is 9.84 Å². The summed E-state index contributed by atoms with van der Waals surface area (Å²) >= 11 is 0. The van der Waals surface area contributed by atoms with E-state index < -0.39 is 23.4 Å². The van der Waals surface area contributed by atoms with Crippen molar-refractivity contribution in [1.29, 1.82) is 0 Å². The lowest BCUT2D eigenvalue weighted by atomic mass is 9.92. The molecule has 2 aromatic carbocycles. The van der Waals surface area contributed by atoms with Crippen LogP contribution in [0.5, 0.6) is 5.75 Å². The van der Waals surface area contributed by atoms with Crippen molar-refractivity contribution in [3.63, 3.8) is 0 Å². The number of aromatic nitrogens is 1. The van der Waals surface area contributed by atoms with Gasteiger partial charge in [-0.2, -0.15) is 13.2 Å². The Labute approximate surface area is 153 Å². The highest BCUT2D eigenvalue weighted by atomic mass is 19.4. The number of alkyl halides is 3. The summed E-state index contributed by atoms with van der Waals surface area (Å²) in [5.41, 5.74) is -2.84. The van der Waals surface area contributed by atoms with Gasteiger partial charge in [0.05, 0.1) is 18.3 Å². The second-order valence-corrected chi connectivity index (χ2v) is 6.39. The molecule has 0 fully saturated rings. The molecule has 0 radical (unpaired) electrons. The van der Waals surface area contributed by atoms with E-state index in [0.717, 1.165) is 4.57 Å². The number of para-hydroxylation sites is 1. The molecule has 1 N–H and O–H groups in total. The molecular formula is C20H18F3NO3. The molecule has 142 valence electrons. The number of carbonyl (C=O) groups is 1. The second-order valence-electron chi connectivity index (χ2n) is 6.39. The fourth-order valence-corrected chi connectivity index (χ4v) is 3.21. The van der Waals surface area contributed by atoms with Crippen molar-refractivity contribution < 1.29 is 27.8 Å². The van der Waals surface area contributed by atoms with Gasteiger partial charge in [0.2, 0.25) is 5.91 Å². The van der Waals surface area contributed by atoms with E-state index in [-0.39, 0.29) is 5.56 Å². The summed E-state index contributed by atoms with van der Waals surface area (Å²) in [4.78, 5) is 12.3. The van der Waals surface area contributed by atoms with Gasteiger partial charge in [-0.05, 0) is 30.7 Å². The van der Waals surface area contributed by atoms with Crippen molar-refractivity contribution >= 4 is 16.8 Å². The van der Waals surface area contributed by atoms with E-state index in [1.54, 1.807) is 48.5 Å². The fraction of sp³-hybridized carbons (Fsp3) is 0.250. The fourth-order valence-electron chi connectivity index (χ4n) is 3.21. The molecular weight excluding hydrogens is 359 g/mol. The van der Waals surface area contributed by atoms with E-state index >= 15 is 0 Å². The maximum Gasteiger partial charge on any atom is 0.422 e. The van der Waals surface area contributed by atoms with Crippen LogP contribution in [0.4, 0.5) is 13.2 Å². The lowest BCUT2D eigenvalue weighted by Crippen LogP contribution is -2.42. The zero-order valence-corrected chi connectivity index (χ0v) is 15.0. The zero-order valence-electron chi connectivity index (χ0n) is 15.0. The monoisotopic (exact) mass is 377 g/mol. The first kappa shape index (κ1) is 19.0. The summed E-state index contributed by atoms with van der Waals surface area (Å²) in [7, 11) is 1.48. The molecule has 27 heavy (non-hydrogen) atoms. The molecule has 3 aromatic rings. The number of hydrogen-bond donors (Lipinski definition) is 1. The van der Waals surface area contributed by atoms with Crippen molar-refractivity contribution in [1.82, 2.24) is 4.57 Å². The Morgan fingerprint density at radius 2 is 1.67 bits per heavy atom. The Hall–Kier alpha value is -2.80. The largest absolute Gasteiger partial charge is 0.497 e. The second kappa shape index (κ2) is 6.42. The summed E-state index contributed by atoms with van der Waals surface area (Å²) in [5, 5.41) is 10.9. The topological polar surface area (TPSA) is 51.5 Å². The minimum Gasteiger partial charge on any atom is -0.497 e. The van der Waals surface area contributed by atoms with Crippen molar-refractivity contribution in [3.05, 3.63) is 54.2 Å². The van der Waals surface area contributed by atoms with Gasteiger partial charge in [-0.3, -0.25) is 9.36 Å². The third-order valence-electron chi connectivity index (χ3n) is 4.58. The van der Waals surface area contributed by atoms with Gasteiger partial charge in [-0.15, -0.1) is 0 Å². The van der Waals surface area contributed by atoms with Crippen molar-refractivity contribution in [2.75, 3.05) is 7.11 Å². The first-order valence-corrected chi connectivity index (χ1v) is 8.18. The van der Waals surface area contributed by atoms with E-state index in [9.17, 15) is 23.1 Å². The minimum atomic E-state index is -4.98. The van der Waals surface area contributed by atoms with Gasteiger partial charge >= 0.3 is 6.18 Å². The lowest BCUT2D eigenvalue weighted by molar-refractivity contribution is -0.260.